The molecule has 0 fully saturated rings. The van der Waals surface area contributed by atoms with E-state index in [4.69, 9.17) is 4.74 Å². The van der Waals surface area contributed by atoms with E-state index in [1.165, 1.54) is 13.2 Å². The molecule has 0 saturated heterocycles. The molecule has 5 heteroatoms. The van der Waals surface area contributed by atoms with Crippen molar-refractivity contribution in [2.24, 2.45) is 0 Å². The number of ketones is 1. The number of aliphatic hydroxyl groups is 1. The van der Waals surface area contributed by atoms with Crippen LogP contribution < -0.4 is 4.74 Å². The molecule has 0 heterocycles. The van der Waals surface area contributed by atoms with E-state index in [9.17, 15) is 20.1 Å². The van der Waals surface area contributed by atoms with Crippen molar-refractivity contribution < 1.29 is 24.9 Å². The number of fused-ring (bicyclic) bond motifs is 2. The summed E-state index contributed by atoms with van der Waals surface area (Å²) in [4.78, 5) is 12.6. The summed E-state index contributed by atoms with van der Waals surface area (Å²) < 4.78 is 5.26. The second kappa shape index (κ2) is 6.32. The molecule has 3 rings (SSSR count). The predicted octanol–water partition coefficient (Wildman–Crippen LogP) is 3.65. The minimum Gasteiger partial charge on any atom is -0.507 e. The first-order chi connectivity index (χ1) is 12.1. The molecule has 1 aliphatic rings. The third kappa shape index (κ3) is 3.03. The van der Waals surface area contributed by atoms with Gasteiger partial charge in [-0.2, -0.15) is 0 Å². The molecule has 0 spiro atoms. The van der Waals surface area contributed by atoms with Gasteiger partial charge in [0, 0.05) is 18.9 Å². The van der Waals surface area contributed by atoms with E-state index in [1.54, 1.807) is 13.0 Å². The van der Waals surface area contributed by atoms with Crippen LogP contribution in [0.4, 0.5) is 0 Å². The van der Waals surface area contributed by atoms with Crippen LogP contribution >= 0.6 is 0 Å². The molecule has 2 aromatic rings. The van der Waals surface area contributed by atoms with Crippen LogP contribution in [0.2, 0.25) is 0 Å². The zero-order valence-electron chi connectivity index (χ0n) is 15.5. The standard InChI is InChI=1S/C21H24O5/c1-11(2)5-6-13-14-7-12(26-4)8-16(22)18(14)20(24)19-15(13)9-21(3,25)10-17(19)23/h5,7-8,22,24-25H,6,9-10H2,1-4H3/t21-/m1/s1. The third-order valence-electron chi connectivity index (χ3n) is 4.88. The lowest BCUT2D eigenvalue weighted by molar-refractivity contribution is 0.0408. The zero-order chi connectivity index (χ0) is 19.2. The monoisotopic (exact) mass is 356 g/mol. The van der Waals surface area contributed by atoms with Crippen molar-refractivity contribution >= 4 is 16.6 Å². The highest BCUT2D eigenvalue weighted by Crippen LogP contribution is 2.46. The van der Waals surface area contributed by atoms with Crippen LogP contribution in [0.15, 0.2) is 23.8 Å². The molecule has 5 nitrogen and oxygen atoms in total. The number of methoxy groups -OCH3 is 1. The lowest BCUT2D eigenvalue weighted by atomic mass is 9.76. The Labute approximate surface area is 152 Å². The molecular weight excluding hydrogens is 332 g/mol. The summed E-state index contributed by atoms with van der Waals surface area (Å²) in [6.45, 7) is 5.59. The second-order valence-corrected chi connectivity index (χ2v) is 7.51. The number of carbonyl (C=O) groups excluding carboxylic acids is 1. The second-order valence-electron chi connectivity index (χ2n) is 7.51. The number of hydrogen-bond acceptors (Lipinski definition) is 5. The van der Waals surface area contributed by atoms with Crippen LogP contribution in [-0.4, -0.2) is 33.8 Å². The van der Waals surface area contributed by atoms with Gasteiger partial charge in [-0.3, -0.25) is 4.79 Å². The van der Waals surface area contributed by atoms with Gasteiger partial charge in [0.25, 0.3) is 0 Å². The summed E-state index contributed by atoms with van der Waals surface area (Å²) in [6, 6.07) is 3.17. The number of benzene rings is 2. The van der Waals surface area contributed by atoms with Crippen molar-refractivity contribution in [3.63, 3.8) is 0 Å². The summed E-state index contributed by atoms with van der Waals surface area (Å²) >= 11 is 0. The number of Topliss-reactive ketones (excluding diaryl/α,β-unsaturated/α-hetero) is 1. The van der Waals surface area contributed by atoms with Gasteiger partial charge in [-0.05, 0) is 49.8 Å². The first-order valence-corrected chi connectivity index (χ1v) is 8.61. The highest BCUT2D eigenvalue weighted by molar-refractivity contribution is 6.10. The average Bonchev–Trinajstić information content (AvgIpc) is 2.51. The van der Waals surface area contributed by atoms with Gasteiger partial charge in [0.05, 0.1) is 23.7 Å². The fourth-order valence-electron chi connectivity index (χ4n) is 3.70. The first kappa shape index (κ1) is 18.3. The van der Waals surface area contributed by atoms with E-state index < -0.39 is 5.60 Å². The lowest BCUT2D eigenvalue weighted by Gasteiger charge is -2.32. The van der Waals surface area contributed by atoms with E-state index in [0.717, 1.165) is 11.1 Å². The summed E-state index contributed by atoms with van der Waals surface area (Å²) in [7, 11) is 1.50. The zero-order valence-corrected chi connectivity index (χ0v) is 15.5. The summed E-state index contributed by atoms with van der Waals surface area (Å²) in [5.41, 5.74) is 1.62. The maximum atomic E-state index is 12.6. The van der Waals surface area contributed by atoms with Crippen LogP contribution in [-0.2, 0) is 12.8 Å². The van der Waals surface area contributed by atoms with Crippen LogP contribution in [0, 0.1) is 0 Å². The quantitative estimate of drug-likeness (QED) is 0.731. The van der Waals surface area contributed by atoms with Gasteiger partial charge in [-0.15, -0.1) is 0 Å². The SMILES string of the molecule is COc1cc(O)c2c(O)c3c(c(CC=C(C)C)c2c1)C[C@@](C)(O)CC3=O. The Kier molecular flexibility index (Phi) is 4.44. The Morgan fingerprint density at radius 3 is 2.58 bits per heavy atom. The van der Waals surface area contributed by atoms with Crippen molar-refractivity contribution in [2.75, 3.05) is 7.11 Å². The van der Waals surface area contributed by atoms with Crippen LogP contribution in [0.1, 0.15) is 48.7 Å². The van der Waals surface area contributed by atoms with Crippen molar-refractivity contribution in [2.45, 2.75) is 45.6 Å². The Morgan fingerprint density at radius 1 is 1.27 bits per heavy atom. The average molecular weight is 356 g/mol. The van der Waals surface area contributed by atoms with Crippen LogP contribution in [0.25, 0.3) is 10.8 Å². The first-order valence-electron chi connectivity index (χ1n) is 8.61. The van der Waals surface area contributed by atoms with E-state index >= 15 is 0 Å². The molecule has 26 heavy (non-hydrogen) atoms. The maximum Gasteiger partial charge on any atom is 0.169 e. The molecule has 1 aliphatic carbocycles. The van der Waals surface area contributed by atoms with Gasteiger partial charge in [0.1, 0.15) is 17.2 Å². The molecule has 1 atom stereocenters. The Balaban J connectivity index is 2.44. The molecular formula is C21H24O5. The minimum atomic E-state index is -1.16. The molecule has 0 unspecified atom stereocenters. The van der Waals surface area contributed by atoms with Gasteiger partial charge < -0.3 is 20.1 Å². The summed E-state index contributed by atoms with van der Waals surface area (Å²) in [6.07, 6.45) is 2.76. The molecule has 2 aromatic carbocycles. The minimum absolute atomic E-state index is 0.0575. The number of carbonyl (C=O) groups is 1. The smallest absolute Gasteiger partial charge is 0.169 e. The largest absolute Gasteiger partial charge is 0.507 e. The number of rotatable bonds is 3. The molecule has 0 amide bonds. The van der Waals surface area contributed by atoms with Crippen molar-refractivity contribution in [3.8, 4) is 17.2 Å². The maximum absolute atomic E-state index is 12.6. The highest BCUT2D eigenvalue weighted by Gasteiger charge is 2.37. The summed E-state index contributed by atoms with van der Waals surface area (Å²) in [5.74, 6) is -0.217. The van der Waals surface area contributed by atoms with Gasteiger partial charge in [-0.25, -0.2) is 0 Å². The molecule has 0 saturated carbocycles. The number of phenols is 2. The van der Waals surface area contributed by atoms with Crippen molar-refractivity contribution in [3.05, 3.63) is 40.5 Å². The number of allylic oxidation sites excluding steroid dienone is 2. The third-order valence-corrected chi connectivity index (χ3v) is 4.88. The fraction of sp³-hybridized carbons (Fsp3) is 0.381. The van der Waals surface area contributed by atoms with Crippen molar-refractivity contribution in [1.82, 2.24) is 0 Å². The lowest BCUT2D eigenvalue weighted by Crippen LogP contribution is -2.36. The molecule has 0 radical (unpaired) electrons. The van der Waals surface area contributed by atoms with Crippen molar-refractivity contribution in [1.29, 1.82) is 0 Å². The molecule has 3 N–H and O–H groups in total. The topological polar surface area (TPSA) is 87.0 Å². The Hall–Kier alpha value is -2.53. The molecule has 0 aliphatic heterocycles. The van der Waals surface area contributed by atoms with Crippen LogP contribution in [0.3, 0.4) is 0 Å². The van der Waals surface area contributed by atoms with Gasteiger partial charge >= 0.3 is 0 Å². The molecule has 138 valence electrons. The number of aromatic hydroxyl groups is 2. The molecule has 0 bridgehead atoms. The van der Waals surface area contributed by atoms with Gasteiger partial charge in [0.15, 0.2) is 5.78 Å². The number of ether oxygens (including phenoxy) is 1. The van der Waals surface area contributed by atoms with E-state index in [0.29, 0.717) is 23.1 Å². The van der Waals surface area contributed by atoms with Gasteiger partial charge in [0.2, 0.25) is 0 Å². The molecule has 0 aromatic heterocycles. The number of hydrogen-bond donors (Lipinski definition) is 3. The van der Waals surface area contributed by atoms with E-state index in [1.807, 2.05) is 19.9 Å². The number of phenolic OH excluding ortho intramolecular Hbond substituents is 2. The summed E-state index contributed by atoms with van der Waals surface area (Å²) in [5, 5.41) is 32.6. The Morgan fingerprint density at radius 2 is 1.96 bits per heavy atom. The van der Waals surface area contributed by atoms with E-state index in [2.05, 4.69) is 0 Å². The fourth-order valence-corrected chi connectivity index (χ4v) is 3.70. The normalized spacial score (nSPS) is 19.3. The predicted molar refractivity (Wildman–Crippen MR) is 100 cm³/mol. The van der Waals surface area contributed by atoms with Crippen LogP contribution in [0.5, 0.6) is 17.2 Å². The van der Waals surface area contributed by atoms with E-state index in [-0.39, 0.29) is 41.1 Å². The Bertz CT molecular complexity index is 934. The highest BCUT2D eigenvalue weighted by atomic mass is 16.5. The van der Waals surface area contributed by atoms with Gasteiger partial charge in [-0.1, -0.05) is 11.6 Å².